The average Bonchev–Trinajstić information content (AvgIpc) is 3.22. The summed E-state index contributed by atoms with van der Waals surface area (Å²) in [6.07, 6.45) is 2.81. The SMILES string of the molecule is CCOC(=O)C1=C(C)N=c2s/c(=C\c3ccc(O[C@H](C)CC)cc3)c(=O)n2[C@@H]1c1ccc(OC(C)C)c(OC)c1. The first-order chi connectivity index (χ1) is 19.2. The fourth-order valence-electron chi connectivity index (χ4n) is 4.42. The van der Waals surface area contributed by atoms with Gasteiger partial charge in [0.25, 0.3) is 5.56 Å². The number of fused-ring (bicyclic) bond motifs is 1. The summed E-state index contributed by atoms with van der Waals surface area (Å²) >= 11 is 1.28. The second kappa shape index (κ2) is 12.6. The van der Waals surface area contributed by atoms with Crippen LogP contribution in [0.5, 0.6) is 17.2 Å². The number of rotatable bonds is 10. The van der Waals surface area contributed by atoms with Crippen molar-refractivity contribution in [2.45, 2.75) is 66.2 Å². The molecule has 8 nitrogen and oxygen atoms in total. The van der Waals surface area contributed by atoms with Crippen LogP contribution in [0.1, 0.15) is 65.1 Å². The highest BCUT2D eigenvalue weighted by Crippen LogP contribution is 2.36. The molecule has 0 aliphatic carbocycles. The highest BCUT2D eigenvalue weighted by atomic mass is 32.1. The van der Waals surface area contributed by atoms with E-state index in [0.29, 0.717) is 37.7 Å². The van der Waals surface area contributed by atoms with Crippen LogP contribution in [0.2, 0.25) is 0 Å². The van der Waals surface area contributed by atoms with E-state index in [2.05, 4.69) is 11.9 Å². The highest BCUT2D eigenvalue weighted by molar-refractivity contribution is 7.07. The summed E-state index contributed by atoms with van der Waals surface area (Å²) in [5.41, 5.74) is 2.11. The summed E-state index contributed by atoms with van der Waals surface area (Å²) in [7, 11) is 1.56. The Bertz CT molecular complexity index is 1580. The van der Waals surface area contributed by atoms with E-state index in [1.807, 2.05) is 57.2 Å². The molecule has 1 aliphatic heterocycles. The molecular formula is C31H36N2O6S. The number of hydrogen-bond donors (Lipinski definition) is 0. The van der Waals surface area contributed by atoms with Crippen LogP contribution in [-0.4, -0.2) is 36.5 Å². The molecular weight excluding hydrogens is 528 g/mol. The standard InChI is InChI=1S/C31H36N2O6S/c1-8-19(5)39-23-13-10-21(11-14-23)16-26-29(34)33-28(22-12-15-24(38-18(3)4)25(17-22)36-7)27(30(35)37-9-2)20(6)32-31(33)40-26/h10-19,28H,8-9H2,1-7H3/b26-16-/t19-,28-/m1/s1. The van der Waals surface area contributed by atoms with Crippen molar-refractivity contribution in [1.29, 1.82) is 0 Å². The van der Waals surface area contributed by atoms with Crippen LogP contribution < -0.4 is 29.1 Å². The predicted octanol–water partition coefficient (Wildman–Crippen LogP) is 4.77. The third-order valence-corrected chi connectivity index (χ3v) is 7.46. The normalized spacial score (nSPS) is 15.9. The molecule has 40 heavy (non-hydrogen) atoms. The summed E-state index contributed by atoms with van der Waals surface area (Å²) in [4.78, 5) is 32.2. The fraction of sp³-hybridized carbons (Fsp3) is 0.387. The van der Waals surface area contributed by atoms with E-state index in [0.717, 1.165) is 17.7 Å². The van der Waals surface area contributed by atoms with E-state index in [1.165, 1.54) is 11.3 Å². The van der Waals surface area contributed by atoms with Crippen LogP contribution in [0.25, 0.3) is 6.08 Å². The highest BCUT2D eigenvalue weighted by Gasteiger charge is 2.34. The monoisotopic (exact) mass is 564 g/mol. The number of carbonyl (C=O) groups excluding carboxylic acids is 1. The number of benzene rings is 2. The number of ether oxygens (including phenoxy) is 4. The second-order valence-electron chi connectivity index (χ2n) is 9.78. The molecule has 0 unspecified atom stereocenters. The molecule has 0 N–H and O–H groups in total. The third kappa shape index (κ3) is 6.14. The Balaban J connectivity index is 1.85. The zero-order valence-corrected chi connectivity index (χ0v) is 24.8. The minimum absolute atomic E-state index is 0.0506. The van der Waals surface area contributed by atoms with Gasteiger partial charge < -0.3 is 18.9 Å². The number of carbonyl (C=O) groups is 1. The van der Waals surface area contributed by atoms with Gasteiger partial charge in [0.05, 0.1) is 47.8 Å². The van der Waals surface area contributed by atoms with Gasteiger partial charge in [-0.25, -0.2) is 9.79 Å². The Morgan fingerprint density at radius 1 is 1.07 bits per heavy atom. The van der Waals surface area contributed by atoms with Crippen molar-refractivity contribution in [3.8, 4) is 17.2 Å². The summed E-state index contributed by atoms with van der Waals surface area (Å²) in [6, 6.07) is 12.3. The molecule has 2 atom stereocenters. The maximum atomic E-state index is 13.9. The number of methoxy groups -OCH3 is 1. The summed E-state index contributed by atoms with van der Waals surface area (Å²) in [6.45, 7) is 11.7. The van der Waals surface area contributed by atoms with Gasteiger partial charge in [0.1, 0.15) is 5.75 Å². The number of aromatic nitrogens is 1. The lowest BCUT2D eigenvalue weighted by Crippen LogP contribution is -2.40. The number of thiazole rings is 1. The lowest BCUT2D eigenvalue weighted by molar-refractivity contribution is -0.139. The van der Waals surface area contributed by atoms with Crippen molar-refractivity contribution in [2.24, 2.45) is 4.99 Å². The Kier molecular flexibility index (Phi) is 9.14. The van der Waals surface area contributed by atoms with E-state index < -0.39 is 12.0 Å². The van der Waals surface area contributed by atoms with Gasteiger partial charge >= 0.3 is 5.97 Å². The third-order valence-electron chi connectivity index (χ3n) is 6.47. The van der Waals surface area contributed by atoms with Gasteiger partial charge in [0.2, 0.25) is 0 Å². The van der Waals surface area contributed by atoms with Gasteiger partial charge in [0.15, 0.2) is 16.3 Å². The van der Waals surface area contributed by atoms with E-state index in [1.54, 1.807) is 37.7 Å². The molecule has 2 aromatic carbocycles. The van der Waals surface area contributed by atoms with Crippen molar-refractivity contribution in [3.63, 3.8) is 0 Å². The molecule has 0 radical (unpaired) electrons. The van der Waals surface area contributed by atoms with Crippen LogP contribution in [0.3, 0.4) is 0 Å². The molecule has 9 heteroatoms. The van der Waals surface area contributed by atoms with Crippen LogP contribution in [0.4, 0.5) is 0 Å². The lowest BCUT2D eigenvalue weighted by atomic mass is 9.95. The smallest absolute Gasteiger partial charge is 0.338 e. The van der Waals surface area contributed by atoms with Crippen molar-refractivity contribution >= 4 is 23.4 Å². The minimum atomic E-state index is -0.745. The molecule has 4 rings (SSSR count). The Morgan fingerprint density at radius 3 is 2.42 bits per heavy atom. The number of nitrogens with zero attached hydrogens (tertiary/aromatic N) is 2. The Morgan fingerprint density at radius 2 is 1.80 bits per heavy atom. The minimum Gasteiger partial charge on any atom is -0.493 e. The molecule has 0 saturated carbocycles. The predicted molar refractivity (Wildman–Crippen MR) is 156 cm³/mol. The van der Waals surface area contributed by atoms with Crippen LogP contribution >= 0.6 is 11.3 Å². The van der Waals surface area contributed by atoms with Crippen molar-refractivity contribution < 1.29 is 23.7 Å². The first-order valence-electron chi connectivity index (χ1n) is 13.5. The number of allylic oxidation sites excluding steroid dienone is 1. The van der Waals surface area contributed by atoms with Crippen molar-refractivity contribution in [3.05, 3.63) is 84.5 Å². The topological polar surface area (TPSA) is 88.4 Å². The summed E-state index contributed by atoms with van der Waals surface area (Å²) < 4.78 is 24.8. The molecule has 2 heterocycles. The molecule has 212 valence electrons. The molecule has 1 aliphatic rings. The molecule has 0 spiro atoms. The molecule has 0 bridgehead atoms. The van der Waals surface area contributed by atoms with Crippen molar-refractivity contribution in [2.75, 3.05) is 13.7 Å². The van der Waals surface area contributed by atoms with Gasteiger partial charge in [-0.3, -0.25) is 9.36 Å². The molecule has 0 fully saturated rings. The van der Waals surface area contributed by atoms with E-state index in [-0.39, 0.29) is 24.4 Å². The second-order valence-corrected chi connectivity index (χ2v) is 10.8. The van der Waals surface area contributed by atoms with Gasteiger partial charge in [0, 0.05) is 0 Å². The lowest BCUT2D eigenvalue weighted by Gasteiger charge is -2.25. The van der Waals surface area contributed by atoms with Crippen LogP contribution in [0, 0.1) is 0 Å². The quantitative estimate of drug-likeness (QED) is 0.330. The van der Waals surface area contributed by atoms with Gasteiger partial charge in [-0.05, 0) is 82.5 Å². The zero-order valence-electron chi connectivity index (χ0n) is 24.0. The molecule has 3 aromatic rings. The molecule has 1 aromatic heterocycles. The van der Waals surface area contributed by atoms with Crippen LogP contribution in [0.15, 0.2) is 63.5 Å². The first kappa shape index (κ1) is 29.1. The van der Waals surface area contributed by atoms with E-state index >= 15 is 0 Å². The van der Waals surface area contributed by atoms with Gasteiger partial charge in [-0.1, -0.05) is 36.5 Å². The maximum Gasteiger partial charge on any atom is 0.338 e. The summed E-state index contributed by atoms with van der Waals surface area (Å²) in [5, 5.41) is 0. The molecule has 0 amide bonds. The van der Waals surface area contributed by atoms with Gasteiger partial charge in [-0.15, -0.1) is 0 Å². The van der Waals surface area contributed by atoms with Gasteiger partial charge in [-0.2, -0.15) is 0 Å². The fourth-order valence-corrected chi connectivity index (χ4v) is 5.47. The van der Waals surface area contributed by atoms with Crippen molar-refractivity contribution in [1.82, 2.24) is 4.57 Å². The number of esters is 1. The summed E-state index contributed by atoms with van der Waals surface area (Å²) in [5.74, 6) is 1.35. The Labute approximate surface area is 238 Å². The first-order valence-corrected chi connectivity index (χ1v) is 14.3. The van der Waals surface area contributed by atoms with Crippen LogP contribution in [-0.2, 0) is 9.53 Å². The number of hydrogen-bond acceptors (Lipinski definition) is 8. The average molecular weight is 565 g/mol. The zero-order chi connectivity index (χ0) is 29.0. The van der Waals surface area contributed by atoms with E-state index in [4.69, 9.17) is 18.9 Å². The largest absolute Gasteiger partial charge is 0.493 e. The molecule has 0 saturated heterocycles. The maximum absolute atomic E-state index is 13.9. The Hall–Kier alpha value is -3.85. The van der Waals surface area contributed by atoms with E-state index in [9.17, 15) is 9.59 Å².